The highest BCUT2D eigenvalue weighted by atomic mass is 16.3. The van der Waals surface area contributed by atoms with Crippen LogP contribution in [-0.2, 0) is 28.8 Å². The first-order chi connectivity index (χ1) is 15.1. The Labute approximate surface area is 194 Å². The maximum absolute atomic E-state index is 12.1. The van der Waals surface area contributed by atoms with Crippen molar-refractivity contribution in [3.8, 4) is 0 Å². The van der Waals surface area contributed by atoms with Gasteiger partial charge < -0.3 is 10.2 Å². The Morgan fingerprint density at radius 1 is 0.594 bits per heavy atom. The van der Waals surface area contributed by atoms with Crippen LogP contribution in [0, 0.1) is 0 Å². The van der Waals surface area contributed by atoms with Crippen LogP contribution in [0.2, 0.25) is 0 Å². The van der Waals surface area contributed by atoms with E-state index in [1.165, 1.54) is 11.1 Å². The predicted molar refractivity (Wildman–Crippen MR) is 133 cm³/mol. The summed E-state index contributed by atoms with van der Waals surface area (Å²) < 4.78 is 0. The van der Waals surface area contributed by atoms with E-state index in [1.807, 2.05) is 24.3 Å². The molecule has 3 heteroatoms. The summed E-state index contributed by atoms with van der Waals surface area (Å²) in [4.78, 5) is 12.1. The Kier molecular flexibility index (Phi) is 10.1. The highest BCUT2D eigenvalue weighted by Crippen LogP contribution is 2.21. The van der Waals surface area contributed by atoms with Crippen LogP contribution in [0.4, 0.5) is 0 Å². The van der Waals surface area contributed by atoms with Gasteiger partial charge in [-0.25, -0.2) is 0 Å². The van der Waals surface area contributed by atoms with Gasteiger partial charge in [-0.3, -0.25) is 4.79 Å². The normalized spacial score (nSPS) is 12.2. The van der Waals surface area contributed by atoms with Crippen LogP contribution in [0.3, 0.4) is 0 Å². The van der Waals surface area contributed by atoms with Crippen molar-refractivity contribution in [3.63, 3.8) is 0 Å². The lowest BCUT2D eigenvalue weighted by Gasteiger charge is -2.17. The van der Waals surface area contributed by atoms with Gasteiger partial charge in [-0.1, -0.05) is 61.4 Å². The molecule has 0 aliphatic rings. The molecule has 0 bridgehead atoms. The summed E-state index contributed by atoms with van der Waals surface area (Å²) in [6, 6.07) is 16.4. The molecule has 0 radical (unpaired) electrons. The molecule has 0 saturated heterocycles. The van der Waals surface area contributed by atoms with Crippen molar-refractivity contribution in [2.75, 3.05) is 0 Å². The summed E-state index contributed by atoms with van der Waals surface area (Å²) >= 11 is 0. The van der Waals surface area contributed by atoms with E-state index < -0.39 is 11.2 Å². The van der Waals surface area contributed by atoms with Crippen molar-refractivity contribution in [2.45, 2.75) is 103 Å². The van der Waals surface area contributed by atoms with E-state index in [1.54, 1.807) is 27.7 Å². The van der Waals surface area contributed by atoms with Gasteiger partial charge in [0.2, 0.25) is 0 Å². The minimum Gasteiger partial charge on any atom is -0.386 e. The molecule has 3 nitrogen and oxygen atoms in total. The molecule has 0 fully saturated rings. The Morgan fingerprint density at radius 3 is 1.25 bits per heavy atom. The van der Waals surface area contributed by atoms with E-state index >= 15 is 0 Å². The largest absolute Gasteiger partial charge is 0.386 e. The molecule has 0 aromatic heterocycles. The second kappa shape index (κ2) is 12.3. The van der Waals surface area contributed by atoms with Crippen molar-refractivity contribution in [3.05, 3.63) is 70.8 Å². The molecule has 2 aromatic carbocycles. The zero-order valence-electron chi connectivity index (χ0n) is 20.5. The fourth-order valence-corrected chi connectivity index (χ4v) is 3.94. The highest BCUT2D eigenvalue weighted by Gasteiger charge is 2.15. The summed E-state index contributed by atoms with van der Waals surface area (Å²) in [6.07, 6.45) is 9.78. The van der Waals surface area contributed by atoms with E-state index in [0.717, 1.165) is 62.5 Å². The maximum atomic E-state index is 12.1. The zero-order chi connectivity index (χ0) is 23.6. The molecule has 0 heterocycles. The van der Waals surface area contributed by atoms with Gasteiger partial charge in [-0.15, -0.1) is 0 Å². The number of carbonyl (C=O) groups excluding carboxylic acids is 1. The number of rotatable bonds is 14. The predicted octanol–water partition coefficient (Wildman–Crippen LogP) is 6.62. The molecular formula is C29H42O3. The van der Waals surface area contributed by atoms with Gasteiger partial charge in [-0.2, -0.15) is 0 Å². The third-order valence-electron chi connectivity index (χ3n) is 6.16. The number of hydrogen-bond donors (Lipinski definition) is 2. The summed E-state index contributed by atoms with van der Waals surface area (Å²) in [5, 5.41) is 20.0. The number of aryl methyl sites for hydroxylation is 2. The Morgan fingerprint density at radius 2 is 0.938 bits per heavy atom. The number of carbonyl (C=O) groups is 1. The molecule has 2 rings (SSSR count). The molecule has 2 N–H and O–H groups in total. The van der Waals surface area contributed by atoms with Gasteiger partial charge >= 0.3 is 0 Å². The molecule has 2 aromatic rings. The van der Waals surface area contributed by atoms with E-state index in [4.69, 9.17) is 0 Å². The second-order valence-corrected chi connectivity index (χ2v) is 10.2. The molecule has 0 aliphatic heterocycles. The molecule has 0 aliphatic carbocycles. The molecule has 0 atom stereocenters. The van der Waals surface area contributed by atoms with Crippen LogP contribution in [0.25, 0.3) is 0 Å². The SMILES string of the molecule is CC(C)(O)c1ccc(CCCCCC(=O)CCCCCc2ccc(C(C)(C)O)cc2)cc1. The Hall–Kier alpha value is -1.97. The maximum Gasteiger partial charge on any atom is 0.132 e. The Bertz CT molecular complexity index is 736. The van der Waals surface area contributed by atoms with Gasteiger partial charge in [-0.05, 0) is 88.5 Å². The first kappa shape index (κ1) is 26.3. The third kappa shape index (κ3) is 9.67. The first-order valence-electron chi connectivity index (χ1n) is 12.2. The van der Waals surface area contributed by atoms with E-state index in [9.17, 15) is 15.0 Å². The smallest absolute Gasteiger partial charge is 0.132 e. The lowest BCUT2D eigenvalue weighted by Crippen LogP contribution is -2.15. The average Bonchev–Trinajstić information content (AvgIpc) is 2.72. The molecule has 0 saturated carbocycles. The third-order valence-corrected chi connectivity index (χ3v) is 6.16. The van der Waals surface area contributed by atoms with Crippen LogP contribution < -0.4 is 0 Å². The fraction of sp³-hybridized carbons (Fsp3) is 0.552. The van der Waals surface area contributed by atoms with Crippen molar-refractivity contribution >= 4 is 5.78 Å². The summed E-state index contributed by atoms with van der Waals surface area (Å²) in [7, 11) is 0. The van der Waals surface area contributed by atoms with Gasteiger partial charge in [0.05, 0.1) is 11.2 Å². The highest BCUT2D eigenvalue weighted by molar-refractivity contribution is 5.78. The number of aliphatic hydroxyl groups is 2. The van der Waals surface area contributed by atoms with Gasteiger partial charge in [0, 0.05) is 12.8 Å². The number of Topliss-reactive ketones (excluding diaryl/α,β-unsaturated/α-hetero) is 1. The quantitative estimate of drug-likeness (QED) is 0.326. The van der Waals surface area contributed by atoms with Crippen LogP contribution in [0.5, 0.6) is 0 Å². The van der Waals surface area contributed by atoms with Crippen molar-refractivity contribution < 1.29 is 15.0 Å². The average molecular weight is 439 g/mol. The van der Waals surface area contributed by atoms with Gasteiger partial charge in [0.1, 0.15) is 5.78 Å². The van der Waals surface area contributed by atoms with Crippen LogP contribution in [0.15, 0.2) is 48.5 Å². The fourth-order valence-electron chi connectivity index (χ4n) is 3.94. The topological polar surface area (TPSA) is 57.5 Å². The first-order valence-corrected chi connectivity index (χ1v) is 12.2. The monoisotopic (exact) mass is 438 g/mol. The van der Waals surface area contributed by atoms with Crippen molar-refractivity contribution in [2.24, 2.45) is 0 Å². The van der Waals surface area contributed by atoms with E-state index in [2.05, 4.69) is 24.3 Å². The minimum absolute atomic E-state index is 0.397. The van der Waals surface area contributed by atoms with E-state index in [0.29, 0.717) is 18.6 Å². The molecule has 0 unspecified atom stereocenters. The second-order valence-electron chi connectivity index (χ2n) is 10.2. The molecule has 176 valence electrons. The van der Waals surface area contributed by atoms with Crippen molar-refractivity contribution in [1.29, 1.82) is 0 Å². The molecule has 32 heavy (non-hydrogen) atoms. The standard InChI is InChI=1S/C29H42O3/c1-28(2,31)25-19-15-23(16-20-25)11-7-5-9-13-27(30)14-10-6-8-12-24-17-21-26(22-18-24)29(3,4)32/h15-22,31-32H,5-14H2,1-4H3. The molecule has 0 spiro atoms. The van der Waals surface area contributed by atoms with Gasteiger partial charge in [0.25, 0.3) is 0 Å². The number of hydrogen-bond acceptors (Lipinski definition) is 3. The number of benzene rings is 2. The molecule has 0 amide bonds. The lowest BCUT2D eigenvalue weighted by atomic mass is 9.96. The van der Waals surface area contributed by atoms with Crippen LogP contribution in [0.1, 0.15) is 101 Å². The zero-order valence-corrected chi connectivity index (χ0v) is 20.5. The Balaban J connectivity index is 1.51. The number of ketones is 1. The summed E-state index contributed by atoms with van der Waals surface area (Å²) in [5.41, 5.74) is 2.88. The number of unbranched alkanes of at least 4 members (excludes halogenated alkanes) is 4. The van der Waals surface area contributed by atoms with E-state index in [-0.39, 0.29) is 0 Å². The molecular weight excluding hydrogens is 396 g/mol. The summed E-state index contributed by atoms with van der Waals surface area (Å²) in [5.74, 6) is 0.397. The van der Waals surface area contributed by atoms with Crippen molar-refractivity contribution in [1.82, 2.24) is 0 Å². The van der Waals surface area contributed by atoms with Crippen LogP contribution >= 0.6 is 0 Å². The summed E-state index contributed by atoms with van der Waals surface area (Å²) in [6.45, 7) is 7.21. The lowest BCUT2D eigenvalue weighted by molar-refractivity contribution is -0.119. The van der Waals surface area contributed by atoms with Crippen LogP contribution in [-0.4, -0.2) is 16.0 Å². The minimum atomic E-state index is -0.789. The van der Waals surface area contributed by atoms with Gasteiger partial charge in [0.15, 0.2) is 0 Å².